The molecule has 2 aromatic carbocycles. The number of aryl methyl sites for hydroxylation is 1. The second-order valence-corrected chi connectivity index (χ2v) is 12.6. The summed E-state index contributed by atoms with van der Waals surface area (Å²) in [5, 5.41) is 0. The van der Waals surface area contributed by atoms with Crippen LogP contribution in [0.1, 0.15) is 78.7 Å². The Labute approximate surface area is 227 Å². The number of anilines is 1. The second-order valence-electron chi connectivity index (χ2n) is 12.6. The average Bonchev–Trinajstić information content (AvgIpc) is 3.84. The molecule has 4 atom stereocenters. The number of nitrogens with zero attached hydrogens (tertiary/aromatic N) is 3. The standard InChI is InChI=1S/C33H44N3O2/c1-21(2)28-19-10-22(3)20-31(28)38-33(37)23(4)35-30-9-7-6-8-29(30)34(5)32(35)24-11-13-25(14-12-24)36(26-15-16-26)27-17-18-27/h6-9,11-14,21-23,26-28,31H,10,15-20H2,1-5H3/q+1/t22-,23-,28+,31?/m1/s1. The van der Waals surface area contributed by atoms with Gasteiger partial charge in [-0.2, -0.15) is 0 Å². The van der Waals surface area contributed by atoms with Crippen molar-refractivity contribution in [1.29, 1.82) is 0 Å². The van der Waals surface area contributed by atoms with E-state index in [0.717, 1.165) is 47.3 Å². The molecule has 0 radical (unpaired) electrons. The van der Waals surface area contributed by atoms with E-state index in [-0.39, 0.29) is 12.1 Å². The summed E-state index contributed by atoms with van der Waals surface area (Å²) in [5.74, 6) is 2.48. The Kier molecular flexibility index (Phi) is 6.74. The Morgan fingerprint density at radius 3 is 2.24 bits per heavy atom. The summed E-state index contributed by atoms with van der Waals surface area (Å²) < 4.78 is 10.8. The summed E-state index contributed by atoms with van der Waals surface area (Å²) in [6.07, 6.45) is 8.61. The molecule has 38 heavy (non-hydrogen) atoms. The molecule has 6 rings (SSSR count). The largest absolute Gasteiger partial charge is 0.459 e. The van der Waals surface area contributed by atoms with Crippen LogP contribution in [0.25, 0.3) is 22.4 Å². The number of aromatic nitrogens is 2. The van der Waals surface area contributed by atoms with E-state index in [9.17, 15) is 4.79 Å². The molecule has 3 aliphatic rings. The van der Waals surface area contributed by atoms with Gasteiger partial charge in [-0.1, -0.05) is 39.3 Å². The van der Waals surface area contributed by atoms with E-state index in [1.807, 2.05) is 6.92 Å². The van der Waals surface area contributed by atoms with Crippen LogP contribution in [0.2, 0.25) is 0 Å². The molecule has 1 unspecified atom stereocenters. The van der Waals surface area contributed by atoms with Gasteiger partial charge >= 0.3 is 5.97 Å². The number of para-hydroxylation sites is 2. The zero-order chi connectivity index (χ0) is 26.6. The molecule has 3 fully saturated rings. The molecule has 0 bridgehead atoms. The molecule has 0 aliphatic heterocycles. The lowest BCUT2D eigenvalue weighted by Crippen LogP contribution is -2.38. The van der Waals surface area contributed by atoms with Crippen molar-refractivity contribution in [3.05, 3.63) is 48.5 Å². The molecule has 0 spiro atoms. The van der Waals surface area contributed by atoms with Crippen LogP contribution in [0.15, 0.2) is 48.5 Å². The Balaban J connectivity index is 1.33. The molecule has 3 saturated carbocycles. The molecule has 1 aromatic heterocycles. The van der Waals surface area contributed by atoms with Gasteiger partial charge < -0.3 is 9.64 Å². The summed E-state index contributed by atoms with van der Waals surface area (Å²) in [6.45, 7) is 8.82. The van der Waals surface area contributed by atoms with Gasteiger partial charge in [-0.15, -0.1) is 0 Å². The quantitative estimate of drug-likeness (QED) is 0.244. The minimum absolute atomic E-state index is 0.00263. The summed E-state index contributed by atoms with van der Waals surface area (Å²) in [4.78, 5) is 16.4. The molecule has 5 heteroatoms. The topological polar surface area (TPSA) is 38.4 Å². The monoisotopic (exact) mass is 514 g/mol. The van der Waals surface area contributed by atoms with Gasteiger partial charge in [-0.3, -0.25) is 0 Å². The number of benzene rings is 2. The maximum absolute atomic E-state index is 13.8. The maximum Gasteiger partial charge on any atom is 0.351 e. The lowest BCUT2D eigenvalue weighted by molar-refractivity contribution is -0.634. The van der Waals surface area contributed by atoms with E-state index in [4.69, 9.17) is 4.74 Å². The first-order valence-electron chi connectivity index (χ1n) is 14.9. The Morgan fingerprint density at radius 2 is 1.61 bits per heavy atom. The minimum atomic E-state index is -0.421. The predicted molar refractivity (Wildman–Crippen MR) is 153 cm³/mol. The van der Waals surface area contributed by atoms with Gasteiger partial charge in [0.1, 0.15) is 6.10 Å². The highest BCUT2D eigenvalue weighted by atomic mass is 16.5. The van der Waals surface area contributed by atoms with Gasteiger partial charge in [0.25, 0.3) is 5.82 Å². The fraction of sp³-hybridized carbons (Fsp3) is 0.576. The van der Waals surface area contributed by atoms with Crippen LogP contribution in [0.5, 0.6) is 0 Å². The molecular weight excluding hydrogens is 470 g/mol. The fourth-order valence-electron chi connectivity index (χ4n) is 6.88. The van der Waals surface area contributed by atoms with E-state index in [0.29, 0.717) is 17.8 Å². The molecule has 3 aliphatic carbocycles. The zero-order valence-corrected chi connectivity index (χ0v) is 23.8. The maximum atomic E-state index is 13.8. The van der Waals surface area contributed by atoms with Crippen molar-refractivity contribution >= 4 is 22.7 Å². The second kappa shape index (κ2) is 10.1. The number of rotatable bonds is 8. The van der Waals surface area contributed by atoms with Gasteiger partial charge in [-0.25, -0.2) is 13.9 Å². The van der Waals surface area contributed by atoms with Crippen LogP contribution in [0, 0.1) is 17.8 Å². The number of carbonyl (C=O) groups is 1. The van der Waals surface area contributed by atoms with Crippen molar-refractivity contribution in [3.8, 4) is 11.4 Å². The van der Waals surface area contributed by atoms with Crippen molar-refractivity contribution in [3.63, 3.8) is 0 Å². The SMILES string of the molecule is CC(C)[C@@H]1CC[C@@H](C)CC1OC(=O)[C@@H](C)n1c(-c2ccc(N(C3CC3)C3CC3)cc2)[n+](C)c2ccccc21. The third-order valence-corrected chi connectivity index (χ3v) is 9.31. The number of imidazole rings is 1. The molecule has 5 nitrogen and oxygen atoms in total. The van der Waals surface area contributed by atoms with Gasteiger partial charge in [-0.05, 0) is 99.6 Å². The van der Waals surface area contributed by atoms with Gasteiger partial charge in [0, 0.05) is 17.8 Å². The van der Waals surface area contributed by atoms with Crippen LogP contribution < -0.4 is 9.47 Å². The molecule has 3 aromatic rings. The smallest absolute Gasteiger partial charge is 0.351 e. The lowest BCUT2D eigenvalue weighted by Gasteiger charge is -2.37. The third-order valence-electron chi connectivity index (χ3n) is 9.31. The van der Waals surface area contributed by atoms with Crippen LogP contribution in [0.3, 0.4) is 0 Å². The summed E-state index contributed by atoms with van der Waals surface area (Å²) >= 11 is 0. The molecule has 1 heterocycles. The van der Waals surface area contributed by atoms with Crippen molar-refractivity contribution in [2.45, 2.75) is 96.9 Å². The van der Waals surface area contributed by atoms with E-state index in [1.165, 1.54) is 37.8 Å². The first-order valence-corrected chi connectivity index (χ1v) is 14.9. The van der Waals surface area contributed by atoms with Crippen LogP contribution in [-0.2, 0) is 16.6 Å². The van der Waals surface area contributed by atoms with E-state index < -0.39 is 6.04 Å². The Morgan fingerprint density at radius 1 is 0.947 bits per heavy atom. The van der Waals surface area contributed by atoms with Gasteiger partial charge in [0.05, 0.1) is 12.6 Å². The highest BCUT2D eigenvalue weighted by Gasteiger charge is 2.40. The van der Waals surface area contributed by atoms with Crippen molar-refractivity contribution < 1.29 is 14.1 Å². The Hall–Kier alpha value is -2.82. The number of ether oxygens (including phenoxy) is 1. The van der Waals surface area contributed by atoms with E-state index in [2.05, 4.69) is 90.4 Å². The van der Waals surface area contributed by atoms with Crippen molar-refractivity contribution in [1.82, 2.24) is 4.57 Å². The fourth-order valence-corrected chi connectivity index (χ4v) is 6.88. The lowest BCUT2D eigenvalue weighted by atomic mass is 9.75. The zero-order valence-electron chi connectivity index (χ0n) is 23.8. The molecule has 202 valence electrons. The predicted octanol–water partition coefficient (Wildman–Crippen LogP) is 6.83. The number of esters is 1. The number of hydrogen-bond acceptors (Lipinski definition) is 3. The van der Waals surface area contributed by atoms with E-state index in [1.54, 1.807) is 0 Å². The van der Waals surface area contributed by atoms with Crippen LogP contribution in [0.4, 0.5) is 5.69 Å². The van der Waals surface area contributed by atoms with Gasteiger partial charge in [0.2, 0.25) is 0 Å². The first-order chi connectivity index (χ1) is 18.3. The van der Waals surface area contributed by atoms with Crippen LogP contribution >= 0.6 is 0 Å². The van der Waals surface area contributed by atoms with Gasteiger partial charge in [0.15, 0.2) is 17.1 Å². The number of hydrogen-bond donors (Lipinski definition) is 0. The van der Waals surface area contributed by atoms with E-state index >= 15 is 0 Å². The van der Waals surface area contributed by atoms with Crippen molar-refractivity contribution in [2.75, 3.05) is 4.90 Å². The first kappa shape index (κ1) is 25.5. The third kappa shape index (κ3) is 4.74. The molecular formula is C33H44N3O2+. The van der Waals surface area contributed by atoms with Crippen molar-refractivity contribution in [2.24, 2.45) is 24.8 Å². The normalized spacial score (nSPS) is 24.5. The minimum Gasteiger partial charge on any atom is -0.459 e. The number of fused-ring (bicyclic) bond motifs is 1. The summed E-state index contributed by atoms with van der Waals surface area (Å²) in [5.41, 5.74) is 4.65. The highest BCUT2D eigenvalue weighted by Crippen LogP contribution is 2.41. The number of carbonyl (C=O) groups excluding carboxylic acids is 1. The molecule has 0 saturated heterocycles. The Bertz CT molecular complexity index is 1290. The summed E-state index contributed by atoms with van der Waals surface area (Å²) in [6, 6.07) is 18.5. The molecule has 0 amide bonds. The summed E-state index contributed by atoms with van der Waals surface area (Å²) in [7, 11) is 2.11. The average molecular weight is 515 g/mol. The van der Waals surface area contributed by atoms with Crippen LogP contribution in [-0.4, -0.2) is 28.7 Å². The highest BCUT2D eigenvalue weighted by molar-refractivity contribution is 5.82. The molecule has 0 N–H and O–H groups in total.